The van der Waals surface area contributed by atoms with Crippen molar-refractivity contribution in [2.24, 2.45) is 0 Å². The topological polar surface area (TPSA) is 78.9 Å². The van der Waals surface area contributed by atoms with Gasteiger partial charge in [-0.15, -0.1) is 0 Å². The number of carbonyl (C=O) groups is 1. The smallest absolute Gasteiger partial charge is 0.471 e. The standard InChI is InChI=1S/C22H21F3N2O5/c1-29-15-6-5-13(10-16(15)30-2)19(27-21(28)22(23,24)25)20-14-11-18(32-4)17(31-3)9-12(14)7-8-26-20/h5-11,19H,1-4H3,(H,27,28)/t19-/m1/s1. The first kappa shape index (κ1) is 23.0. The molecule has 0 aliphatic rings. The first-order chi connectivity index (χ1) is 15.2. The number of aromatic nitrogens is 1. The second-order valence-electron chi connectivity index (χ2n) is 6.64. The Morgan fingerprint density at radius 3 is 2.06 bits per heavy atom. The highest BCUT2D eigenvalue weighted by Gasteiger charge is 2.40. The van der Waals surface area contributed by atoms with Gasteiger partial charge in [0.05, 0.1) is 40.2 Å². The van der Waals surface area contributed by atoms with Gasteiger partial charge in [0.15, 0.2) is 23.0 Å². The van der Waals surface area contributed by atoms with Crippen LogP contribution in [0.25, 0.3) is 10.8 Å². The zero-order valence-corrected chi connectivity index (χ0v) is 17.7. The molecule has 1 N–H and O–H groups in total. The number of ether oxygens (including phenoxy) is 4. The third kappa shape index (κ3) is 4.48. The van der Waals surface area contributed by atoms with Gasteiger partial charge in [-0.3, -0.25) is 9.78 Å². The molecule has 32 heavy (non-hydrogen) atoms. The Bertz CT molecular complexity index is 1130. The number of hydrogen-bond donors (Lipinski definition) is 1. The van der Waals surface area contributed by atoms with Crippen molar-refractivity contribution in [2.75, 3.05) is 28.4 Å². The van der Waals surface area contributed by atoms with E-state index in [2.05, 4.69) is 4.98 Å². The number of halogens is 3. The van der Waals surface area contributed by atoms with Crippen LogP contribution in [-0.4, -0.2) is 45.5 Å². The fourth-order valence-corrected chi connectivity index (χ4v) is 3.31. The number of rotatable bonds is 7. The van der Waals surface area contributed by atoms with Crippen LogP contribution in [0.2, 0.25) is 0 Å². The second-order valence-corrected chi connectivity index (χ2v) is 6.64. The predicted molar refractivity (Wildman–Crippen MR) is 110 cm³/mol. The van der Waals surface area contributed by atoms with Crippen molar-refractivity contribution in [3.8, 4) is 23.0 Å². The summed E-state index contributed by atoms with van der Waals surface area (Å²) in [5, 5.41) is 3.16. The van der Waals surface area contributed by atoms with E-state index < -0.39 is 18.1 Å². The molecule has 1 atom stereocenters. The maximum Gasteiger partial charge on any atom is 0.471 e. The van der Waals surface area contributed by atoms with Crippen molar-refractivity contribution >= 4 is 16.7 Å². The molecule has 7 nitrogen and oxygen atoms in total. The van der Waals surface area contributed by atoms with Gasteiger partial charge in [0, 0.05) is 11.6 Å². The summed E-state index contributed by atoms with van der Waals surface area (Å²) in [6, 6.07) is 8.27. The zero-order chi connectivity index (χ0) is 23.5. The van der Waals surface area contributed by atoms with Crippen LogP contribution in [0.5, 0.6) is 23.0 Å². The third-order valence-electron chi connectivity index (χ3n) is 4.85. The van der Waals surface area contributed by atoms with E-state index in [4.69, 9.17) is 18.9 Å². The van der Waals surface area contributed by atoms with Crippen LogP contribution < -0.4 is 24.3 Å². The van der Waals surface area contributed by atoms with E-state index in [1.165, 1.54) is 52.8 Å². The molecule has 0 unspecified atom stereocenters. The quantitative estimate of drug-likeness (QED) is 0.586. The van der Waals surface area contributed by atoms with Crippen molar-refractivity contribution in [1.82, 2.24) is 10.3 Å². The second kappa shape index (κ2) is 9.21. The number of methoxy groups -OCH3 is 4. The first-order valence-corrected chi connectivity index (χ1v) is 9.33. The van der Waals surface area contributed by atoms with Crippen molar-refractivity contribution in [3.63, 3.8) is 0 Å². The highest BCUT2D eigenvalue weighted by atomic mass is 19.4. The molecule has 170 valence electrons. The van der Waals surface area contributed by atoms with Crippen molar-refractivity contribution in [3.05, 3.63) is 53.9 Å². The highest BCUT2D eigenvalue weighted by molar-refractivity contribution is 5.89. The number of fused-ring (bicyclic) bond motifs is 1. The molecule has 2 aromatic carbocycles. The number of carbonyl (C=O) groups excluding carboxylic acids is 1. The molecule has 0 aliphatic carbocycles. The Balaban J connectivity index is 2.24. The van der Waals surface area contributed by atoms with Crippen molar-refractivity contribution in [1.29, 1.82) is 0 Å². The van der Waals surface area contributed by atoms with Gasteiger partial charge >= 0.3 is 12.1 Å². The molecule has 1 aromatic heterocycles. The molecular weight excluding hydrogens is 429 g/mol. The molecule has 0 saturated carbocycles. The highest BCUT2D eigenvalue weighted by Crippen LogP contribution is 2.38. The lowest BCUT2D eigenvalue weighted by Crippen LogP contribution is -2.39. The van der Waals surface area contributed by atoms with E-state index in [-0.39, 0.29) is 11.4 Å². The zero-order valence-electron chi connectivity index (χ0n) is 17.7. The molecule has 0 bridgehead atoms. The summed E-state index contributed by atoms with van der Waals surface area (Å²) >= 11 is 0. The summed E-state index contributed by atoms with van der Waals surface area (Å²) in [4.78, 5) is 16.2. The van der Waals surface area contributed by atoms with E-state index in [0.717, 1.165) is 0 Å². The van der Waals surface area contributed by atoms with Crippen LogP contribution in [0.1, 0.15) is 17.3 Å². The van der Waals surface area contributed by atoms with Gasteiger partial charge < -0.3 is 24.3 Å². The number of pyridine rings is 1. The van der Waals surface area contributed by atoms with Gasteiger partial charge in [0.2, 0.25) is 0 Å². The minimum atomic E-state index is -5.08. The summed E-state index contributed by atoms with van der Waals surface area (Å²) < 4.78 is 60.5. The maximum atomic E-state index is 13.1. The Morgan fingerprint density at radius 1 is 0.875 bits per heavy atom. The molecule has 0 spiro atoms. The Morgan fingerprint density at radius 2 is 1.47 bits per heavy atom. The Labute approximate surface area is 182 Å². The molecule has 1 amide bonds. The predicted octanol–water partition coefficient (Wildman–Crippen LogP) is 4.04. The molecule has 10 heteroatoms. The monoisotopic (exact) mass is 450 g/mol. The van der Waals surface area contributed by atoms with Crippen LogP contribution in [0, 0.1) is 0 Å². The summed E-state index contributed by atoms with van der Waals surface area (Å²) in [6.45, 7) is 0. The van der Waals surface area contributed by atoms with Gasteiger partial charge in [-0.2, -0.15) is 13.2 Å². The van der Waals surface area contributed by atoms with Gasteiger partial charge in [-0.05, 0) is 41.3 Å². The van der Waals surface area contributed by atoms with Crippen LogP contribution >= 0.6 is 0 Å². The number of nitrogens with one attached hydrogen (secondary N) is 1. The average Bonchev–Trinajstić information content (AvgIpc) is 2.79. The van der Waals surface area contributed by atoms with E-state index in [1.54, 1.807) is 18.2 Å². The van der Waals surface area contributed by atoms with Gasteiger partial charge in [-0.25, -0.2) is 0 Å². The largest absolute Gasteiger partial charge is 0.493 e. The molecule has 3 rings (SSSR count). The van der Waals surface area contributed by atoms with E-state index in [1.807, 2.05) is 5.32 Å². The Hall–Kier alpha value is -3.69. The number of amides is 1. The van der Waals surface area contributed by atoms with Crippen LogP contribution in [-0.2, 0) is 4.79 Å². The minimum absolute atomic E-state index is 0.188. The first-order valence-electron chi connectivity index (χ1n) is 9.33. The normalized spacial score (nSPS) is 12.2. The molecule has 0 aliphatic heterocycles. The lowest BCUT2D eigenvalue weighted by Gasteiger charge is -2.22. The summed E-state index contributed by atoms with van der Waals surface area (Å²) in [7, 11) is 5.75. The molecule has 0 fully saturated rings. The van der Waals surface area contributed by atoms with E-state index in [0.29, 0.717) is 33.6 Å². The molecule has 0 radical (unpaired) electrons. The van der Waals surface area contributed by atoms with Gasteiger partial charge in [0.25, 0.3) is 0 Å². The van der Waals surface area contributed by atoms with Crippen LogP contribution in [0.3, 0.4) is 0 Å². The summed E-state index contributed by atoms with van der Waals surface area (Å²) in [5.74, 6) is -0.622. The van der Waals surface area contributed by atoms with Crippen molar-refractivity contribution < 1.29 is 36.9 Å². The Kier molecular flexibility index (Phi) is 6.61. The van der Waals surface area contributed by atoms with Crippen LogP contribution in [0.4, 0.5) is 13.2 Å². The fraction of sp³-hybridized carbons (Fsp3) is 0.273. The lowest BCUT2D eigenvalue weighted by molar-refractivity contribution is -0.174. The molecule has 0 saturated heterocycles. The average molecular weight is 450 g/mol. The molecular formula is C22H21F3N2O5. The number of benzene rings is 2. The van der Waals surface area contributed by atoms with Crippen molar-refractivity contribution in [2.45, 2.75) is 12.2 Å². The van der Waals surface area contributed by atoms with E-state index >= 15 is 0 Å². The number of hydrogen-bond acceptors (Lipinski definition) is 6. The van der Waals surface area contributed by atoms with E-state index in [9.17, 15) is 18.0 Å². The summed E-state index contributed by atoms with van der Waals surface area (Å²) in [6.07, 6.45) is -3.64. The fourth-order valence-electron chi connectivity index (χ4n) is 3.31. The van der Waals surface area contributed by atoms with Crippen LogP contribution in [0.15, 0.2) is 42.6 Å². The molecule has 1 heterocycles. The third-order valence-corrected chi connectivity index (χ3v) is 4.85. The minimum Gasteiger partial charge on any atom is -0.493 e. The number of nitrogens with zero attached hydrogens (tertiary/aromatic N) is 1. The maximum absolute atomic E-state index is 13.1. The van der Waals surface area contributed by atoms with Gasteiger partial charge in [-0.1, -0.05) is 6.07 Å². The molecule has 3 aromatic rings. The summed E-state index contributed by atoms with van der Waals surface area (Å²) in [5.41, 5.74) is 0.503. The number of alkyl halides is 3. The SMILES string of the molecule is COc1ccc([C@@H](NC(=O)C(F)(F)F)c2nccc3cc(OC)c(OC)cc23)cc1OC. The van der Waals surface area contributed by atoms with Gasteiger partial charge in [0.1, 0.15) is 0 Å². The lowest BCUT2D eigenvalue weighted by atomic mass is 9.97.